The van der Waals surface area contributed by atoms with Crippen molar-refractivity contribution in [1.82, 2.24) is 15.1 Å². The van der Waals surface area contributed by atoms with Crippen LogP contribution in [0.25, 0.3) is 0 Å². The number of carbonyl (C=O) groups excluding carboxylic acids is 1. The van der Waals surface area contributed by atoms with Crippen LogP contribution in [0, 0.1) is 0 Å². The summed E-state index contributed by atoms with van der Waals surface area (Å²) in [6, 6.07) is 0. The van der Waals surface area contributed by atoms with Gasteiger partial charge in [-0.3, -0.25) is 9.48 Å². The van der Waals surface area contributed by atoms with Crippen molar-refractivity contribution in [3.63, 3.8) is 0 Å². The molecule has 0 atom stereocenters. The molecule has 0 aliphatic heterocycles. The normalized spacial score (nSPS) is 11.1. The van der Waals surface area contributed by atoms with Crippen molar-refractivity contribution < 1.29 is 4.79 Å². The Morgan fingerprint density at radius 1 is 1.71 bits per heavy atom. The predicted molar refractivity (Wildman–Crippen MR) is 54.6 cm³/mol. The van der Waals surface area contributed by atoms with Crippen molar-refractivity contribution in [2.45, 2.75) is 19.4 Å². The molecule has 0 aliphatic rings. The molecule has 76 valence electrons. The molecule has 1 rings (SSSR count). The van der Waals surface area contributed by atoms with Gasteiger partial charge in [0.2, 0.25) is 5.91 Å². The topological polar surface area (TPSA) is 46.9 Å². The van der Waals surface area contributed by atoms with Crippen molar-refractivity contribution in [3.05, 3.63) is 30.6 Å². The van der Waals surface area contributed by atoms with Crippen LogP contribution in [0.15, 0.2) is 25.0 Å². The lowest BCUT2D eigenvalue weighted by Gasteiger charge is -2.24. The van der Waals surface area contributed by atoms with E-state index in [2.05, 4.69) is 17.0 Å². The van der Waals surface area contributed by atoms with E-state index in [1.165, 1.54) is 6.08 Å². The second-order valence-electron chi connectivity index (χ2n) is 3.72. The third-order valence-electron chi connectivity index (χ3n) is 2.05. The molecule has 0 unspecified atom stereocenters. The highest BCUT2D eigenvalue weighted by Crippen LogP contribution is 2.18. The molecule has 0 saturated heterocycles. The Hall–Kier alpha value is -1.58. The van der Waals surface area contributed by atoms with Gasteiger partial charge in [0.1, 0.15) is 0 Å². The van der Waals surface area contributed by atoms with Gasteiger partial charge in [0.05, 0.1) is 11.7 Å². The van der Waals surface area contributed by atoms with E-state index >= 15 is 0 Å². The van der Waals surface area contributed by atoms with Gasteiger partial charge in [-0.15, -0.1) is 0 Å². The van der Waals surface area contributed by atoms with Crippen LogP contribution < -0.4 is 5.32 Å². The number of amides is 1. The average Bonchev–Trinajstić information content (AvgIpc) is 2.51. The second kappa shape index (κ2) is 3.65. The maximum Gasteiger partial charge on any atom is 0.244 e. The molecule has 0 bridgehead atoms. The summed E-state index contributed by atoms with van der Waals surface area (Å²) in [7, 11) is 1.84. The first kappa shape index (κ1) is 10.5. The first-order chi connectivity index (χ1) is 6.45. The molecule has 0 aromatic carbocycles. The molecular formula is C10H15N3O. The van der Waals surface area contributed by atoms with Crippen molar-refractivity contribution in [2.24, 2.45) is 7.05 Å². The maximum absolute atomic E-state index is 11.2. The monoisotopic (exact) mass is 193 g/mol. The molecule has 0 spiro atoms. The molecule has 0 aliphatic carbocycles. The van der Waals surface area contributed by atoms with Gasteiger partial charge in [-0.25, -0.2) is 0 Å². The summed E-state index contributed by atoms with van der Waals surface area (Å²) in [4.78, 5) is 11.2. The summed E-state index contributed by atoms with van der Waals surface area (Å²) in [5.74, 6) is -0.182. The van der Waals surface area contributed by atoms with Crippen molar-refractivity contribution >= 4 is 5.91 Å². The molecule has 0 saturated carbocycles. The molecular weight excluding hydrogens is 178 g/mol. The van der Waals surface area contributed by atoms with E-state index in [1.54, 1.807) is 10.9 Å². The molecule has 1 aromatic rings. The Bertz CT molecular complexity index is 352. The van der Waals surface area contributed by atoms with E-state index in [1.807, 2.05) is 27.1 Å². The van der Waals surface area contributed by atoms with Crippen LogP contribution >= 0.6 is 0 Å². The SMILES string of the molecule is C=CC(=O)NC(C)(C)c1cnn(C)c1. The van der Waals surface area contributed by atoms with Crippen LogP contribution in [0.4, 0.5) is 0 Å². The molecule has 1 aromatic heterocycles. The van der Waals surface area contributed by atoms with Crippen molar-refractivity contribution in [2.75, 3.05) is 0 Å². The smallest absolute Gasteiger partial charge is 0.244 e. The molecule has 4 nitrogen and oxygen atoms in total. The standard InChI is InChI=1S/C10H15N3O/c1-5-9(14)12-10(2,3)8-6-11-13(4)7-8/h5-7H,1H2,2-4H3,(H,12,14). The largest absolute Gasteiger partial charge is 0.344 e. The van der Waals surface area contributed by atoms with Gasteiger partial charge < -0.3 is 5.32 Å². The molecule has 1 N–H and O–H groups in total. The number of rotatable bonds is 3. The van der Waals surface area contributed by atoms with E-state index < -0.39 is 5.54 Å². The van der Waals surface area contributed by atoms with Crippen LogP contribution in [-0.4, -0.2) is 15.7 Å². The first-order valence-corrected chi connectivity index (χ1v) is 4.39. The molecule has 0 radical (unpaired) electrons. The van der Waals surface area contributed by atoms with Gasteiger partial charge in [0.25, 0.3) is 0 Å². The highest BCUT2D eigenvalue weighted by atomic mass is 16.1. The van der Waals surface area contributed by atoms with Crippen molar-refractivity contribution in [1.29, 1.82) is 0 Å². The third kappa shape index (κ3) is 2.22. The molecule has 1 amide bonds. The van der Waals surface area contributed by atoms with E-state index in [4.69, 9.17) is 0 Å². The van der Waals surface area contributed by atoms with Gasteiger partial charge >= 0.3 is 0 Å². The second-order valence-corrected chi connectivity index (χ2v) is 3.72. The lowest BCUT2D eigenvalue weighted by molar-refractivity contribution is -0.118. The van der Waals surface area contributed by atoms with E-state index in [0.29, 0.717) is 0 Å². The van der Waals surface area contributed by atoms with Gasteiger partial charge in [-0.2, -0.15) is 5.10 Å². The molecule has 1 heterocycles. The van der Waals surface area contributed by atoms with E-state index in [-0.39, 0.29) is 5.91 Å². The Morgan fingerprint density at radius 3 is 2.79 bits per heavy atom. The van der Waals surface area contributed by atoms with Crippen LogP contribution in [0.3, 0.4) is 0 Å². The Kier molecular flexibility index (Phi) is 2.74. The maximum atomic E-state index is 11.2. The third-order valence-corrected chi connectivity index (χ3v) is 2.05. The number of aromatic nitrogens is 2. The van der Waals surface area contributed by atoms with Gasteiger partial charge in [-0.1, -0.05) is 6.58 Å². The van der Waals surface area contributed by atoms with Crippen LogP contribution in [-0.2, 0) is 17.4 Å². The van der Waals surface area contributed by atoms with Gasteiger partial charge in [-0.05, 0) is 19.9 Å². The fourth-order valence-corrected chi connectivity index (χ4v) is 1.18. The first-order valence-electron chi connectivity index (χ1n) is 4.39. The number of aryl methyl sites for hydroxylation is 1. The Balaban J connectivity index is 2.84. The summed E-state index contributed by atoms with van der Waals surface area (Å²) in [5.41, 5.74) is 0.551. The number of hydrogen-bond donors (Lipinski definition) is 1. The zero-order chi connectivity index (χ0) is 10.8. The minimum Gasteiger partial charge on any atom is -0.344 e. The number of nitrogens with one attached hydrogen (secondary N) is 1. The summed E-state index contributed by atoms with van der Waals surface area (Å²) >= 11 is 0. The van der Waals surface area contributed by atoms with Crippen LogP contribution in [0.2, 0.25) is 0 Å². The minimum atomic E-state index is -0.417. The number of nitrogens with zero attached hydrogens (tertiary/aromatic N) is 2. The van der Waals surface area contributed by atoms with Gasteiger partial charge in [0.15, 0.2) is 0 Å². The van der Waals surface area contributed by atoms with Crippen molar-refractivity contribution in [3.8, 4) is 0 Å². The summed E-state index contributed by atoms with van der Waals surface area (Å²) in [6.45, 7) is 7.25. The van der Waals surface area contributed by atoms with Crippen LogP contribution in [0.1, 0.15) is 19.4 Å². The number of hydrogen-bond acceptors (Lipinski definition) is 2. The molecule has 4 heteroatoms. The zero-order valence-electron chi connectivity index (χ0n) is 8.74. The van der Waals surface area contributed by atoms with E-state index in [0.717, 1.165) is 5.56 Å². The lowest BCUT2D eigenvalue weighted by atomic mass is 9.98. The summed E-state index contributed by atoms with van der Waals surface area (Å²) in [6.07, 6.45) is 4.88. The fourth-order valence-electron chi connectivity index (χ4n) is 1.18. The van der Waals surface area contributed by atoms with E-state index in [9.17, 15) is 4.79 Å². The summed E-state index contributed by atoms with van der Waals surface area (Å²) < 4.78 is 1.71. The quantitative estimate of drug-likeness (QED) is 0.727. The fraction of sp³-hybridized carbons (Fsp3) is 0.400. The minimum absolute atomic E-state index is 0.182. The van der Waals surface area contributed by atoms with Gasteiger partial charge in [0, 0.05) is 18.8 Å². The molecule has 14 heavy (non-hydrogen) atoms. The Morgan fingerprint density at radius 2 is 2.36 bits per heavy atom. The molecule has 0 fully saturated rings. The summed E-state index contributed by atoms with van der Waals surface area (Å²) in [5, 5.41) is 6.88. The lowest BCUT2D eigenvalue weighted by Crippen LogP contribution is -2.39. The predicted octanol–water partition coefficient (Wildman–Crippen LogP) is 0.957. The van der Waals surface area contributed by atoms with Crippen LogP contribution in [0.5, 0.6) is 0 Å². The highest BCUT2D eigenvalue weighted by molar-refractivity contribution is 5.87. The average molecular weight is 193 g/mol. The zero-order valence-corrected chi connectivity index (χ0v) is 8.74. The highest BCUT2D eigenvalue weighted by Gasteiger charge is 2.22. The Labute approximate surface area is 83.6 Å². The number of carbonyl (C=O) groups is 1.